The van der Waals surface area contributed by atoms with Crippen LogP contribution in [0.4, 0.5) is 5.13 Å². The van der Waals surface area contributed by atoms with E-state index in [2.05, 4.69) is 15.2 Å². The van der Waals surface area contributed by atoms with Crippen molar-refractivity contribution in [2.75, 3.05) is 39.0 Å². The van der Waals surface area contributed by atoms with E-state index in [0.29, 0.717) is 24.0 Å². The largest absolute Gasteiger partial charge is 0.375 e. The molecule has 1 unspecified atom stereocenters. The quantitative estimate of drug-likeness (QED) is 0.782. The standard InChI is InChI=1S/C10H16N4O2S/c1-14-2-3-16-7(5-14)4-12-9(15)8-6-17-10(11)13-8/h6-7H,2-5H2,1H3,(H2,11,13)(H,12,15). The Bertz CT molecular complexity index is 395. The van der Waals surface area contributed by atoms with Crippen LogP contribution in [-0.4, -0.2) is 55.2 Å². The minimum Gasteiger partial charge on any atom is -0.375 e. The number of carbonyl (C=O) groups excluding carboxylic acids is 1. The average molecular weight is 256 g/mol. The molecule has 94 valence electrons. The molecule has 1 saturated heterocycles. The highest BCUT2D eigenvalue weighted by molar-refractivity contribution is 7.13. The van der Waals surface area contributed by atoms with Gasteiger partial charge in [-0.3, -0.25) is 4.79 Å². The third-order valence-corrected chi connectivity index (χ3v) is 3.26. The maximum atomic E-state index is 11.7. The molecule has 0 radical (unpaired) electrons. The van der Waals surface area contributed by atoms with E-state index in [1.54, 1.807) is 5.38 Å². The lowest BCUT2D eigenvalue weighted by molar-refractivity contribution is -0.0175. The molecule has 2 rings (SSSR count). The SMILES string of the molecule is CN1CCOC(CNC(=O)c2csc(N)n2)C1. The number of morpholine rings is 1. The molecule has 1 aliphatic heterocycles. The van der Waals surface area contributed by atoms with Crippen molar-refractivity contribution in [1.29, 1.82) is 0 Å². The molecule has 1 amide bonds. The smallest absolute Gasteiger partial charge is 0.270 e. The highest BCUT2D eigenvalue weighted by Gasteiger charge is 2.19. The summed E-state index contributed by atoms with van der Waals surface area (Å²) in [4.78, 5) is 17.8. The first-order valence-electron chi connectivity index (χ1n) is 5.44. The molecule has 0 aliphatic carbocycles. The van der Waals surface area contributed by atoms with Gasteiger partial charge in [-0.2, -0.15) is 0 Å². The van der Waals surface area contributed by atoms with E-state index in [-0.39, 0.29) is 12.0 Å². The first-order chi connectivity index (χ1) is 8.15. The van der Waals surface area contributed by atoms with Crippen molar-refractivity contribution in [1.82, 2.24) is 15.2 Å². The van der Waals surface area contributed by atoms with Gasteiger partial charge in [-0.15, -0.1) is 11.3 Å². The van der Waals surface area contributed by atoms with Crippen molar-refractivity contribution in [3.63, 3.8) is 0 Å². The number of anilines is 1. The third kappa shape index (κ3) is 3.39. The summed E-state index contributed by atoms with van der Waals surface area (Å²) in [5.41, 5.74) is 5.84. The van der Waals surface area contributed by atoms with Crippen LogP contribution in [0.2, 0.25) is 0 Å². The van der Waals surface area contributed by atoms with Crippen LogP contribution in [0.15, 0.2) is 5.38 Å². The molecule has 1 atom stereocenters. The van der Waals surface area contributed by atoms with Crippen LogP contribution in [0, 0.1) is 0 Å². The van der Waals surface area contributed by atoms with Gasteiger partial charge in [0.2, 0.25) is 0 Å². The zero-order chi connectivity index (χ0) is 12.3. The van der Waals surface area contributed by atoms with Gasteiger partial charge in [0.1, 0.15) is 5.69 Å². The highest BCUT2D eigenvalue weighted by atomic mass is 32.1. The molecular weight excluding hydrogens is 240 g/mol. The Hall–Kier alpha value is -1.18. The minimum atomic E-state index is -0.199. The van der Waals surface area contributed by atoms with Gasteiger partial charge < -0.3 is 20.7 Å². The summed E-state index contributed by atoms with van der Waals surface area (Å²) in [5, 5.41) is 4.86. The fourth-order valence-electron chi connectivity index (χ4n) is 1.68. The number of nitrogen functional groups attached to an aromatic ring is 1. The van der Waals surface area contributed by atoms with Crippen LogP contribution in [0.5, 0.6) is 0 Å². The summed E-state index contributed by atoms with van der Waals surface area (Å²) in [7, 11) is 2.04. The molecule has 0 bridgehead atoms. The topological polar surface area (TPSA) is 80.5 Å². The first kappa shape index (κ1) is 12.3. The van der Waals surface area contributed by atoms with Gasteiger partial charge in [0.25, 0.3) is 5.91 Å². The van der Waals surface area contributed by atoms with Gasteiger partial charge in [0.15, 0.2) is 5.13 Å². The van der Waals surface area contributed by atoms with Crippen molar-refractivity contribution in [3.8, 4) is 0 Å². The van der Waals surface area contributed by atoms with E-state index in [0.717, 1.165) is 13.1 Å². The maximum Gasteiger partial charge on any atom is 0.270 e. The number of nitrogens with zero attached hydrogens (tertiary/aromatic N) is 2. The number of thiazole rings is 1. The van der Waals surface area contributed by atoms with Crippen LogP contribution in [-0.2, 0) is 4.74 Å². The Labute approximate surface area is 104 Å². The van der Waals surface area contributed by atoms with Crippen LogP contribution in [0.25, 0.3) is 0 Å². The maximum absolute atomic E-state index is 11.7. The summed E-state index contributed by atoms with van der Waals surface area (Å²) in [6.45, 7) is 2.98. The summed E-state index contributed by atoms with van der Waals surface area (Å²) < 4.78 is 5.54. The molecule has 0 aromatic carbocycles. The molecule has 1 aromatic rings. The average Bonchev–Trinajstić information content (AvgIpc) is 2.73. The lowest BCUT2D eigenvalue weighted by atomic mass is 10.3. The predicted octanol–water partition coefficient (Wildman–Crippen LogP) is -0.214. The molecule has 1 aliphatic rings. The second kappa shape index (κ2) is 5.44. The monoisotopic (exact) mass is 256 g/mol. The van der Waals surface area contributed by atoms with Gasteiger partial charge in [-0.05, 0) is 7.05 Å². The predicted molar refractivity (Wildman–Crippen MR) is 66.1 cm³/mol. The molecule has 3 N–H and O–H groups in total. The second-order valence-corrected chi connectivity index (χ2v) is 4.93. The summed E-state index contributed by atoms with van der Waals surface area (Å²) in [5.74, 6) is -0.199. The molecular formula is C10H16N4O2S. The molecule has 2 heterocycles. The number of carbonyl (C=O) groups is 1. The van der Waals surface area contributed by atoms with Gasteiger partial charge in [0, 0.05) is 25.0 Å². The Balaban J connectivity index is 1.80. The highest BCUT2D eigenvalue weighted by Crippen LogP contribution is 2.10. The Morgan fingerprint density at radius 1 is 1.82 bits per heavy atom. The molecule has 17 heavy (non-hydrogen) atoms. The second-order valence-electron chi connectivity index (χ2n) is 4.04. The fourth-order valence-corrected chi connectivity index (χ4v) is 2.22. The molecule has 0 saturated carbocycles. The number of amides is 1. The van der Waals surface area contributed by atoms with E-state index in [1.165, 1.54) is 11.3 Å². The van der Waals surface area contributed by atoms with Crippen LogP contribution < -0.4 is 11.1 Å². The van der Waals surface area contributed by atoms with E-state index in [1.807, 2.05) is 7.05 Å². The lowest BCUT2D eigenvalue weighted by Gasteiger charge is -2.29. The van der Waals surface area contributed by atoms with Crippen LogP contribution in [0.3, 0.4) is 0 Å². The summed E-state index contributed by atoms with van der Waals surface area (Å²) >= 11 is 1.26. The van der Waals surface area contributed by atoms with Crippen molar-refractivity contribution in [2.24, 2.45) is 0 Å². The van der Waals surface area contributed by atoms with Gasteiger partial charge >= 0.3 is 0 Å². The van der Waals surface area contributed by atoms with Crippen LogP contribution >= 0.6 is 11.3 Å². The minimum absolute atomic E-state index is 0.0497. The third-order valence-electron chi connectivity index (χ3n) is 2.59. The Morgan fingerprint density at radius 2 is 2.65 bits per heavy atom. The zero-order valence-corrected chi connectivity index (χ0v) is 10.5. The number of ether oxygens (including phenoxy) is 1. The number of nitrogens with one attached hydrogen (secondary N) is 1. The lowest BCUT2D eigenvalue weighted by Crippen LogP contribution is -2.45. The number of nitrogens with two attached hydrogens (primary N) is 1. The molecule has 0 spiro atoms. The number of rotatable bonds is 3. The summed E-state index contributed by atoms with van der Waals surface area (Å²) in [6, 6.07) is 0. The normalized spacial score (nSPS) is 21.4. The molecule has 1 aromatic heterocycles. The van der Waals surface area contributed by atoms with Crippen LogP contribution in [0.1, 0.15) is 10.5 Å². The van der Waals surface area contributed by atoms with Gasteiger partial charge in [-0.1, -0.05) is 0 Å². The number of hydrogen-bond donors (Lipinski definition) is 2. The fraction of sp³-hybridized carbons (Fsp3) is 0.600. The van der Waals surface area contributed by atoms with Crippen molar-refractivity contribution in [2.45, 2.75) is 6.10 Å². The molecule has 7 heteroatoms. The van der Waals surface area contributed by atoms with E-state index < -0.39 is 0 Å². The number of likely N-dealkylation sites (N-methyl/N-ethyl adjacent to an activating group) is 1. The Kier molecular flexibility index (Phi) is 3.93. The summed E-state index contributed by atoms with van der Waals surface area (Å²) in [6.07, 6.45) is 0.0497. The van der Waals surface area contributed by atoms with E-state index in [9.17, 15) is 4.79 Å². The Morgan fingerprint density at radius 3 is 3.29 bits per heavy atom. The number of hydrogen-bond acceptors (Lipinski definition) is 6. The zero-order valence-electron chi connectivity index (χ0n) is 9.68. The number of aromatic nitrogens is 1. The van der Waals surface area contributed by atoms with Crippen molar-refractivity contribution >= 4 is 22.4 Å². The first-order valence-corrected chi connectivity index (χ1v) is 6.32. The van der Waals surface area contributed by atoms with E-state index >= 15 is 0 Å². The molecule has 1 fully saturated rings. The van der Waals surface area contributed by atoms with Gasteiger partial charge in [-0.25, -0.2) is 4.98 Å². The van der Waals surface area contributed by atoms with Crippen molar-refractivity contribution < 1.29 is 9.53 Å². The van der Waals surface area contributed by atoms with E-state index in [4.69, 9.17) is 10.5 Å². The molecule has 6 nitrogen and oxygen atoms in total. The van der Waals surface area contributed by atoms with Gasteiger partial charge in [0.05, 0.1) is 12.7 Å². The van der Waals surface area contributed by atoms with Crippen molar-refractivity contribution in [3.05, 3.63) is 11.1 Å².